The number of hydrogen-bond donors (Lipinski definition) is 1. The Labute approximate surface area is 115 Å². The van der Waals surface area contributed by atoms with Crippen LogP contribution in [0.3, 0.4) is 0 Å². The molecule has 3 heteroatoms. The van der Waals surface area contributed by atoms with Crippen LogP contribution in [0.5, 0.6) is 0 Å². The number of fused-ring (bicyclic) bond motifs is 1. The van der Waals surface area contributed by atoms with Crippen molar-refractivity contribution in [3.63, 3.8) is 0 Å². The summed E-state index contributed by atoms with van der Waals surface area (Å²) >= 11 is 0. The van der Waals surface area contributed by atoms with Crippen molar-refractivity contribution in [1.82, 2.24) is 14.9 Å². The predicted octanol–water partition coefficient (Wildman–Crippen LogP) is 3.75. The SMILES string of the molecule is CCC(c1nc2ccccc2[nH]1)N1CCCC(C)C1. The van der Waals surface area contributed by atoms with E-state index in [0.29, 0.717) is 6.04 Å². The summed E-state index contributed by atoms with van der Waals surface area (Å²) in [4.78, 5) is 10.9. The highest BCUT2D eigenvalue weighted by molar-refractivity contribution is 5.74. The van der Waals surface area contributed by atoms with Crippen LogP contribution >= 0.6 is 0 Å². The molecule has 102 valence electrons. The quantitative estimate of drug-likeness (QED) is 0.908. The zero-order valence-corrected chi connectivity index (χ0v) is 11.9. The first-order valence-electron chi connectivity index (χ1n) is 7.46. The Hall–Kier alpha value is -1.35. The van der Waals surface area contributed by atoms with Gasteiger partial charge in [-0.2, -0.15) is 0 Å². The van der Waals surface area contributed by atoms with Crippen LogP contribution in [0.4, 0.5) is 0 Å². The fraction of sp³-hybridized carbons (Fsp3) is 0.562. The van der Waals surface area contributed by atoms with Crippen LogP contribution in [0.1, 0.15) is 45.0 Å². The van der Waals surface area contributed by atoms with Gasteiger partial charge in [0.1, 0.15) is 5.82 Å². The number of imidazole rings is 1. The van der Waals surface area contributed by atoms with E-state index < -0.39 is 0 Å². The van der Waals surface area contributed by atoms with E-state index in [1.54, 1.807) is 0 Å². The van der Waals surface area contributed by atoms with Gasteiger partial charge in [0.05, 0.1) is 17.1 Å². The van der Waals surface area contributed by atoms with Crippen LogP contribution in [0, 0.1) is 5.92 Å². The highest BCUT2D eigenvalue weighted by Gasteiger charge is 2.25. The standard InChI is InChI=1S/C16H23N3/c1-3-15(19-10-6-7-12(2)11-19)16-17-13-8-4-5-9-14(13)18-16/h4-5,8-9,12,15H,3,6-7,10-11H2,1-2H3,(H,17,18). The average Bonchev–Trinajstić information content (AvgIpc) is 2.83. The van der Waals surface area contributed by atoms with E-state index in [1.807, 2.05) is 0 Å². The van der Waals surface area contributed by atoms with Gasteiger partial charge in [0.25, 0.3) is 0 Å². The number of aromatic nitrogens is 2. The Kier molecular flexibility index (Phi) is 3.56. The normalized spacial score (nSPS) is 22.7. The fourth-order valence-electron chi connectivity index (χ4n) is 3.26. The summed E-state index contributed by atoms with van der Waals surface area (Å²) in [6.45, 7) is 7.03. The zero-order valence-electron chi connectivity index (χ0n) is 11.9. The second kappa shape index (κ2) is 5.33. The van der Waals surface area contributed by atoms with Gasteiger partial charge in [-0.1, -0.05) is 26.0 Å². The predicted molar refractivity (Wildman–Crippen MR) is 79.1 cm³/mol. The maximum Gasteiger partial charge on any atom is 0.124 e. The molecule has 0 spiro atoms. The van der Waals surface area contributed by atoms with E-state index in [4.69, 9.17) is 4.98 Å². The Morgan fingerprint density at radius 3 is 3.00 bits per heavy atom. The number of likely N-dealkylation sites (tertiary alicyclic amines) is 1. The molecule has 2 heterocycles. The minimum Gasteiger partial charge on any atom is -0.341 e. The Morgan fingerprint density at radius 1 is 1.42 bits per heavy atom. The van der Waals surface area contributed by atoms with Crippen LogP contribution in [0.2, 0.25) is 0 Å². The minimum atomic E-state index is 0.440. The van der Waals surface area contributed by atoms with Crippen LogP contribution in [0.25, 0.3) is 11.0 Å². The zero-order chi connectivity index (χ0) is 13.2. The van der Waals surface area contributed by atoms with E-state index in [0.717, 1.165) is 29.2 Å². The molecule has 0 bridgehead atoms. The lowest BCUT2D eigenvalue weighted by Gasteiger charge is -2.35. The van der Waals surface area contributed by atoms with Gasteiger partial charge in [-0.05, 0) is 43.9 Å². The molecule has 0 radical (unpaired) electrons. The molecule has 2 aromatic rings. The first kappa shape index (κ1) is 12.7. The molecule has 0 saturated carbocycles. The van der Waals surface area contributed by atoms with Crippen molar-refractivity contribution in [3.8, 4) is 0 Å². The van der Waals surface area contributed by atoms with Gasteiger partial charge in [-0.15, -0.1) is 0 Å². The lowest BCUT2D eigenvalue weighted by molar-refractivity contribution is 0.122. The van der Waals surface area contributed by atoms with Gasteiger partial charge in [0.15, 0.2) is 0 Å². The van der Waals surface area contributed by atoms with Gasteiger partial charge in [-0.3, -0.25) is 4.90 Å². The van der Waals surface area contributed by atoms with Crippen molar-refractivity contribution >= 4 is 11.0 Å². The molecule has 1 aromatic heterocycles. The third-order valence-corrected chi connectivity index (χ3v) is 4.24. The molecule has 1 fully saturated rings. The van der Waals surface area contributed by atoms with Crippen molar-refractivity contribution in [1.29, 1.82) is 0 Å². The van der Waals surface area contributed by atoms with Crippen LogP contribution in [0.15, 0.2) is 24.3 Å². The molecule has 1 aliphatic rings. The molecular formula is C16H23N3. The molecule has 19 heavy (non-hydrogen) atoms. The van der Waals surface area contributed by atoms with Gasteiger partial charge >= 0.3 is 0 Å². The summed E-state index contributed by atoms with van der Waals surface area (Å²) in [6, 6.07) is 8.75. The summed E-state index contributed by atoms with van der Waals surface area (Å²) < 4.78 is 0. The maximum atomic E-state index is 4.79. The smallest absolute Gasteiger partial charge is 0.124 e. The molecule has 2 unspecified atom stereocenters. The topological polar surface area (TPSA) is 31.9 Å². The van der Waals surface area contributed by atoms with Crippen LogP contribution in [-0.4, -0.2) is 28.0 Å². The molecule has 1 saturated heterocycles. The van der Waals surface area contributed by atoms with Crippen molar-refractivity contribution < 1.29 is 0 Å². The van der Waals surface area contributed by atoms with Gasteiger partial charge in [0.2, 0.25) is 0 Å². The number of nitrogens with one attached hydrogen (secondary N) is 1. The molecule has 2 atom stereocenters. The third kappa shape index (κ3) is 2.52. The number of benzene rings is 1. The lowest BCUT2D eigenvalue weighted by Crippen LogP contribution is -2.37. The first-order chi connectivity index (χ1) is 9.28. The average molecular weight is 257 g/mol. The molecule has 0 aliphatic carbocycles. The number of para-hydroxylation sites is 2. The Balaban J connectivity index is 1.88. The number of nitrogens with zero attached hydrogens (tertiary/aromatic N) is 2. The van der Waals surface area contributed by atoms with E-state index in [2.05, 4.69) is 48.0 Å². The Bertz CT molecular complexity index is 513. The van der Waals surface area contributed by atoms with E-state index in [-0.39, 0.29) is 0 Å². The monoisotopic (exact) mass is 257 g/mol. The first-order valence-corrected chi connectivity index (χ1v) is 7.46. The number of aromatic amines is 1. The molecule has 3 nitrogen and oxygen atoms in total. The molecule has 3 rings (SSSR count). The second-order valence-corrected chi connectivity index (χ2v) is 5.81. The number of H-pyrrole nitrogens is 1. The molecule has 1 N–H and O–H groups in total. The number of hydrogen-bond acceptors (Lipinski definition) is 2. The summed E-state index contributed by atoms with van der Waals surface area (Å²) in [5.41, 5.74) is 2.24. The largest absolute Gasteiger partial charge is 0.341 e. The van der Waals surface area contributed by atoms with Crippen LogP contribution < -0.4 is 0 Å². The second-order valence-electron chi connectivity index (χ2n) is 5.81. The van der Waals surface area contributed by atoms with Gasteiger partial charge in [0, 0.05) is 6.54 Å². The van der Waals surface area contributed by atoms with Crippen molar-refractivity contribution in [3.05, 3.63) is 30.1 Å². The van der Waals surface area contributed by atoms with E-state index >= 15 is 0 Å². The van der Waals surface area contributed by atoms with Gasteiger partial charge < -0.3 is 4.98 Å². The highest BCUT2D eigenvalue weighted by atomic mass is 15.2. The minimum absolute atomic E-state index is 0.440. The summed E-state index contributed by atoms with van der Waals surface area (Å²) in [5.74, 6) is 1.95. The third-order valence-electron chi connectivity index (χ3n) is 4.24. The molecule has 1 aromatic carbocycles. The molecular weight excluding hydrogens is 234 g/mol. The highest BCUT2D eigenvalue weighted by Crippen LogP contribution is 2.28. The maximum absolute atomic E-state index is 4.79. The van der Waals surface area contributed by atoms with E-state index in [1.165, 1.54) is 25.9 Å². The number of rotatable bonds is 3. The lowest BCUT2D eigenvalue weighted by atomic mass is 9.98. The van der Waals surface area contributed by atoms with Gasteiger partial charge in [-0.25, -0.2) is 4.98 Å². The van der Waals surface area contributed by atoms with Crippen molar-refractivity contribution in [2.24, 2.45) is 5.92 Å². The summed E-state index contributed by atoms with van der Waals surface area (Å²) in [5, 5.41) is 0. The van der Waals surface area contributed by atoms with Crippen LogP contribution in [-0.2, 0) is 0 Å². The van der Waals surface area contributed by atoms with Crippen molar-refractivity contribution in [2.75, 3.05) is 13.1 Å². The van der Waals surface area contributed by atoms with E-state index in [9.17, 15) is 0 Å². The summed E-state index contributed by atoms with van der Waals surface area (Å²) in [6.07, 6.45) is 3.80. The van der Waals surface area contributed by atoms with Crippen molar-refractivity contribution in [2.45, 2.75) is 39.2 Å². The Morgan fingerprint density at radius 2 is 2.26 bits per heavy atom. The molecule has 0 amide bonds. The fourth-order valence-corrected chi connectivity index (χ4v) is 3.26. The number of piperidine rings is 1. The molecule has 1 aliphatic heterocycles. The summed E-state index contributed by atoms with van der Waals surface area (Å²) in [7, 11) is 0.